The van der Waals surface area contributed by atoms with Gasteiger partial charge in [-0.1, -0.05) is 31.5 Å². The van der Waals surface area contributed by atoms with E-state index < -0.39 is 10.0 Å². The number of benzene rings is 1. The molecule has 1 rings (SSSR count). The van der Waals surface area contributed by atoms with E-state index >= 15 is 0 Å². The van der Waals surface area contributed by atoms with Crippen LogP contribution >= 0.6 is 11.6 Å². The third-order valence-corrected chi connectivity index (χ3v) is 4.79. The Morgan fingerprint density at radius 2 is 2.05 bits per heavy atom. The fraction of sp³-hybridized carbons (Fsp3) is 0.571. The highest BCUT2D eigenvalue weighted by Gasteiger charge is 2.17. The summed E-state index contributed by atoms with van der Waals surface area (Å²) in [6.07, 6.45) is 0.942. The molecule has 0 saturated carbocycles. The third kappa shape index (κ3) is 6.32. The first kappa shape index (κ1) is 18.4. The van der Waals surface area contributed by atoms with Gasteiger partial charge in [-0.2, -0.15) is 0 Å². The van der Waals surface area contributed by atoms with Crippen LogP contribution in [0.1, 0.15) is 25.8 Å². The minimum absolute atomic E-state index is 0.0297. The standard InChI is InChI=1S/C14H22ClNO4S/c1-11(2)5-7-20-8-6-16-21(18,19)14-9-12(10-17)3-4-13(14)15/h3-4,9,11,16-17H,5-8,10H2,1-2H3. The van der Waals surface area contributed by atoms with Crippen LogP contribution in [0, 0.1) is 5.92 Å². The minimum atomic E-state index is -3.70. The number of nitrogens with one attached hydrogen (secondary N) is 1. The average Bonchev–Trinajstić information content (AvgIpc) is 2.42. The zero-order valence-electron chi connectivity index (χ0n) is 12.3. The molecule has 0 amide bonds. The lowest BCUT2D eigenvalue weighted by Crippen LogP contribution is -2.28. The van der Waals surface area contributed by atoms with E-state index in [0.29, 0.717) is 24.7 Å². The summed E-state index contributed by atoms with van der Waals surface area (Å²) in [7, 11) is -3.70. The molecule has 2 N–H and O–H groups in total. The van der Waals surface area contributed by atoms with Crippen molar-refractivity contribution in [3.05, 3.63) is 28.8 Å². The Balaban J connectivity index is 2.54. The summed E-state index contributed by atoms with van der Waals surface area (Å²) < 4.78 is 32.0. The van der Waals surface area contributed by atoms with Gasteiger partial charge in [-0.25, -0.2) is 13.1 Å². The predicted octanol–water partition coefficient (Wildman–Crippen LogP) is 2.17. The van der Waals surface area contributed by atoms with Gasteiger partial charge in [-0.05, 0) is 30.0 Å². The summed E-state index contributed by atoms with van der Waals surface area (Å²) in [4.78, 5) is -0.0297. The van der Waals surface area contributed by atoms with Gasteiger partial charge in [-0.3, -0.25) is 0 Å². The summed E-state index contributed by atoms with van der Waals surface area (Å²) in [5, 5.41) is 9.18. The minimum Gasteiger partial charge on any atom is -0.392 e. The molecular weight excluding hydrogens is 314 g/mol. The Hall–Kier alpha value is -0.660. The van der Waals surface area contributed by atoms with Crippen molar-refractivity contribution in [2.24, 2.45) is 5.92 Å². The summed E-state index contributed by atoms with van der Waals surface area (Å²) in [6, 6.07) is 4.40. The average molecular weight is 336 g/mol. The highest BCUT2D eigenvalue weighted by Crippen LogP contribution is 2.22. The molecule has 5 nitrogen and oxygen atoms in total. The first-order chi connectivity index (χ1) is 9.86. The lowest BCUT2D eigenvalue weighted by atomic mass is 10.1. The van der Waals surface area contributed by atoms with Crippen molar-refractivity contribution in [1.82, 2.24) is 4.72 Å². The van der Waals surface area contributed by atoms with Crippen LogP contribution in [0.4, 0.5) is 0 Å². The molecule has 0 fully saturated rings. The van der Waals surface area contributed by atoms with Gasteiger partial charge >= 0.3 is 0 Å². The van der Waals surface area contributed by atoms with Crippen molar-refractivity contribution in [3.63, 3.8) is 0 Å². The second-order valence-corrected chi connectivity index (χ2v) is 7.26. The van der Waals surface area contributed by atoms with E-state index in [1.54, 1.807) is 6.07 Å². The fourth-order valence-electron chi connectivity index (χ4n) is 1.60. The van der Waals surface area contributed by atoms with E-state index in [0.717, 1.165) is 6.42 Å². The maximum absolute atomic E-state index is 12.1. The normalized spacial score (nSPS) is 12.0. The SMILES string of the molecule is CC(C)CCOCCNS(=O)(=O)c1cc(CO)ccc1Cl. The van der Waals surface area contributed by atoms with Crippen LogP contribution < -0.4 is 4.72 Å². The van der Waals surface area contributed by atoms with Crippen LogP contribution in [-0.2, 0) is 21.4 Å². The Bertz CT molecular complexity index is 546. The number of ether oxygens (including phenoxy) is 1. The van der Waals surface area contributed by atoms with Crippen LogP contribution in [0.2, 0.25) is 5.02 Å². The number of aliphatic hydroxyl groups is 1. The molecule has 0 saturated heterocycles. The van der Waals surface area contributed by atoms with E-state index in [2.05, 4.69) is 18.6 Å². The van der Waals surface area contributed by atoms with Gasteiger partial charge in [0.15, 0.2) is 0 Å². The van der Waals surface area contributed by atoms with Gasteiger partial charge in [0.2, 0.25) is 10.0 Å². The molecule has 0 aromatic heterocycles. The predicted molar refractivity (Wildman–Crippen MR) is 82.8 cm³/mol. The molecule has 0 atom stereocenters. The fourth-order valence-corrected chi connectivity index (χ4v) is 3.16. The third-order valence-electron chi connectivity index (χ3n) is 2.85. The molecule has 0 aliphatic rings. The van der Waals surface area contributed by atoms with Gasteiger partial charge in [0.05, 0.1) is 18.2 Å². The molecular formula is C14H22ClNO4S. The van der Waals surface area contributed by atoms with Crippen LogP contribution in [0.5, 0.6) is 0 Å². The second-order valence-electron chi connectivity index (χ2n) is 5.12. The van der Waals surface area contributed by atoms with E-state index in [1.807, 2.05) is 0 Å². The molecule has 0 spiro atoms. The summed E-state index contributed by atoms with van der Waals surface area (Å²) in [5.74, 6) is 0.557. The number of rotatable bonds is 9. The van der Waals surface area contributed by atoms with Gasteiger partial charge in [0.1, 0.15) is 4.90 Å². The summed E-state index contributed by atoms with van der Waals surface area (Å²) in [6.45, 7) is 5.06. The highest BCUT2D eigenvalue weighted by atomic mass is 35.5. The number of hydrogen-bond donors (Lipinski definition) is 2. The molecule has 1 aromatic rings. The molecule has 0 bridgehead atoms. The van der Waals surface area contributed by atoms with Gasteiger partial charge < -0.3 is 9.84 Å². The van der Waals surface area contributed by atoms with Crippen LogP contribution in [0.3, 0.4) is 0 Å². The van der Waals surface area contributed by atoms with E-state index in [1.165, 1.54) is 12.1 Å². The molecule has 1 aromatic carbocycles. The van der Waals surface area contributed by atoms with Gasteiger partial charge in [-0.15, -0.1) is 0 Å². The van der Waals surface area contributed by atoms with E-state index in [9.17, 15) is 8.42 Å². The Morgan fingerprint density at radius 1 is 1.33 bits per heavy atom. The molecule has 120 valence electrons. The van der Waals surface area contributed by atoms with Crippen molar-refractivity contribution >= 4 is 21.6 Å². The highest BCUT2D eigenvalue weighted by molar-refractivity contribution is 7.89. The number of sulfonamides is 1. The molecule has 21 heavy (non-hydrogen) atoms. The first-order valence-electron chi connectivity index (χ1n) is 6.83. The topological polar surface area (TPSA) is 75.6 Å². The number of hydrogen-bond acceptors (Lipinski definition) is 4. The molecule has 0 aliphatic carbocycles. The quantitative estimate of drug-likeness (QED) is 0.678. The molecule has 0 heterocycles. The van der Waals surface area contributed by atoms with Crippen molar-refractivity contribution in [2.75, 3.05) is 19.8 Å². The maximum Gasteiger partial charge on any atom is 0.242 e. The van der Waals surface area contributed by atoms with Gasteiger partial charge in [0.25, 0.3) is 0 Å². The van der Waals surface area contributed by atoms with Crippen LogP contribution in [0.25, 0.3) is 0 Å². The lowest BCUT2D eigenvalue weighted by Gasteiger charge is -2.10. The molecule has 0 unspecified atom stereocenters. The van der Waals surface area contributed by atoms with Crippen LogP contribution in [-0.4, -0.2) is 33.3 Å². The smallest absolute Gasteiger partial charge is 0.242 e. The summed E-state index contributed by atoms with van der Waals surface area (Å²) >= 11 is 5.90. The van der Waals surface area contributed by atoms with Crippen molar-refractivity contribution < 1.29 is 18.3 Å². The zero-order valence-corrected chi connectivity index (χ0v) is 13.9. The van der Waals surface area contributed by atoms with E-state index in [4.69, 9.17) is 21.4 Å². The van der Waals surface area contributed by atoms with Crippen molar-refractivity contribution in [2.45, 2.75) is 31.8 Å². The first-order valence-corrected chi connectivity index (χ1v) is 8.69. The number of aliphatic hydroxyl groups excluding tert-OH is 1. The van der Waals surface area contributed by atoms with E-state index in [-0.39, 0.29) is 23.1 Å². The lowest BCUT2D eigenvalue weighted by molar-refractivity contribution is 0.128. The number of halogens is 1. The maximum atomic E-state index is 12.1. The van der Waals surface area contributed by atoms with Gasteiger partial charge in [0, 0.05) is 13.2 Å². The molecule has 0 aliphatic heterocycles. The summed E-state index contributed by atoms with van der Waals surface area (Å²) in [5.41, 5.74) is 0.493. The Morgan fingerprint density at radius 3 is 2.67 bits per heavy atom. The largest absolute Gasteiger partial charge is 0.392 e. The Labute approximate surface area is 131 Å². The monoisotopic (exact) mass is 335 g/mol. The van der Waals surface area contributed by atoms with Crippen LogP contribution in [0.15, 0.2) is 23.1 Å². The molecule has 7 heteroatoms. The zero-order chi connectivity index (χ0) is 15.9. The molecule has 0 radical (unpaired) electrons. The Kier molecular flexibility index (Phi) is 7.62. The van der Waals surface area contributed by atoms with Crippen molar-refractivity contribution in [1.29, 1.82) is 0 Å². The van der Waals surface area contributed by atoms with Crippen molar-refractivity contribution in [3.8, 4) is 0 Å². The second kappa shape index (κ2) is 8.70.